The smallest absolute Gasteiger partial charge is 0.325 e. The molecule has 0 heterocycles. The van der Waals surface area contributed by atoms with Gasteiger partial charge < -0.3 is 79.5 Å². The summed E-state index contributed by atoms with van der Waals surface area (Å²) in [5.74, 6) is -13.4. The first-order valence-corrected chi connectivity index (χ1v) is 27.5. The summed E-state index contributed by atoms with van der Waals surface area (Å²) in [5.41, 5.74) is 5.46. The Morgan fingerprint density at radius 3 is 1.05 bits per heavy atom. The van der Waals surface area contributed by atoms with Crippen molar-refractivity contribution < 1.29 is 72.9 Å². The van der Waals surface area contributed by atoms with E-state index in [0.29, 0.717) is 32.1 Å². The molecule has 78 heavy (non-hydrogen) atoms. The highest BCUT2D eigenvalue weighted by atomic mass is 32.1. The van der Waals surface area contributed by atoms with Gasteiger partial charge in [0.15, 0.2) is 0 Å². The number of carboxylic acids is 1. The standard InChI is InChI=1S/C49H88N12O15S2/c1-12-23(6)35(57-34(65)18-51-33(64)17-52-41(67)31(21-77)55-40(66)29(50)19-62)46(72)60-38(26(9)15-4)48(74)61-39(27(10)16-5)47(73)59-37(25(8)14-3)45(71)54-30(20-63)42(68)56-32(22-78)43(69)58-36(24(7)13-2)44(70)53-28(11)49(75)76/h23-32,35-39,62-63,77-78H,12-22,50H2,1-11H3,(H,51,64)(H,52,67)(H,53,70)(H,54,71)(H,55,66)(H,56,68)(H,57,65)(H,58,69)(H,59,73)(H,60,72)(H,61,74)(H,75,76)/t23-,24-,25-,26-,27-,28-,29-,30-,31-,32-,35-,36-,37-,38-,39-/m0/s1. The Kier molecular flexibility index (Phi) is 34.4. The Morgan fingerprint density at radius 1 is 0.385 bits per heavy atom. The molecule has 0 radical (unpaired) electrons. The van der Waals surface area contributed by atoms with Crippen LogP contribution in [0.4, 0.5) is 0 Å². The zero-order chi connectivity index (χ0) is 60.1. The summed E-state index contributed by atoms with van der Waals surface area (Å²) in [6.45, 7) is 15.6. The molecule has 446 valence electrons. The highest BCUT2D eigenvalue weighted by Gasteiger charge is 2.38. The van der Waals surface area contributed by atoms with Crippen molar-refractivity contribution in [3.05, 3.63) is 0 Å². The molecule has 29 heteroatoms. The number of aliphatic carboxylic acids is 1. The van der Waals surface area contributed by atoms with E-state index in [4.69, 9.17) is 10.8 Å². The van der Waals surface area contributed by atoms with Crippen LogP contribution in [0.5, 0.6) is 0 Å². The molecule has 0 aromatic heterocycles. The van der Waals surface area contributed by atoms with Gasteiger partial charge >= 0.3 is 5.97 Å². The van der Waals surface area contributed by atoms with Crippen molar-refractivity contribution >= 4 is 96.2 Å². The van der Waals surface area contributed by atoms with Crippen molar-refractivity contribution in [3.63, 3.8) is 0 Å². The zero-order valence-corrected chi connectivity index (χ0v) is 48.4. The first kappa shape index (κ1) is 72.2. The maximum Gasteiger partial charge on any atom is 0.325 e. The molecule has 11 amide bonds. The fourth-order valence-electron chi connectivity index (χ4n) is 7.09. The van der Waals surface area contributed by atoms with E-state index in [1.54, 1.807) is 69.2 Å². The van der Waals surface area contributed by atoms with E-state index < -0.39 is 187 Å². The number of carbonyl (C=O) groups excluding carboxylic acids is 11. The highest BCUT2D eigenvalue weighted by Crippen LogP contribution is 2.17. The van der Waals surface area contributed by atoms with E-state index in [1.165, 1.54) is 6.92 Å². The predicted octanol–water partition coefficient (Wildman–Crippen LogP) is -3.91. The fraction of sp³-hybridized carbons (Fsp3) is 0.755. The third kappa shape index (κ3) is 24.1. The van der Waals surface area contributed by atoms with Gasteiger partial charge in [-0.3, -0.25) is 57.5 Å². The Morgan fingerprint density at radius 2 is 0.692 bits per heavy atom. The summed E-state index contributed by atoms with van der Waals surface area (Å²) in [7, 11) is 0. The lowest BCUT2D eigenvalue weighted by Gasteiger charge is -2.32. The Balaban J connectivity index is 6.25. The molecule has 0 aromatic carbocycles. The van der Waals surface area contributed by atoms with E-state index in [0.717, 1.165) is 0 Å². The molecule has 15 atom stereocenters. The van der Waals surface area contributed by atoms with Crippen LogP contribution in [0.1, 0.15) is 108 Å². The normalized spacial score (nSPS) is 16.9. The van der Waals surface area contributed by atoms with Crippen LogP contribution in [-0.4, -0.2) is 184 Å². The second-order valence-corrected chi connectivity index (χ2v) is 20.2. The zero-order valence-electron chi connectivity index (χ0n) is 46.7. The minimum absolute atomic E-state index is 0.165. The van der Waals surface area contributed by atoms with Crippen molar-refractivity contribution in [1.82, 2.24) is 58.5 Å². The first-order chi connectivity index (χ1) is 36.6. The third-order valence-corrected chi connectivity index (χ3v) is 14.3. The van der Waals surface area contributed by atoms with Crippen LogP contribution in [0.25, 0.3) is 0 Å². The number of aliphatic hydroxyl groups excluding tert-OH is 2. The van der Waals surface area contributed by atoms with Gasteiger partial charge in [0.25, 0.3) is 0 Å². The SMILES string of the molecule is CC[C@H](C)[C@H](NC(=O)CNC(=O)CNC(=O)[C@H](CS)NC(=O)[C@@H](N)CO)C(=O)N[C@H](C(=O)N[C@H](C(=O)N[C@H](C(=O)N[C@@H](CO)C(=O)N[C@@H](CS)C(=O)N[C@H](C(=O)N[C@@H](C)C(=O)O)[C@@H](C)CC)[C@@H](C)CC)[C@@H](C)CC)[C@@H](C)CC. The van der Waals surface area contributed by atoms with Crippen LogP contribution in [0, 0.1) is 29.6 Å². The molecule has 27 nitrogen and oxygen atoms in total. The van der Waals surface area contributed by atoms with E-state index >= 15 is 0 Å². The third-order valence-electron chi connectivity index (χ3n) is 13.6. The van der Waals surface area contributed by atoms with Crippen molar-refractivity contribution in [2.45, 2.75) is 169 Å². The molecule has 0 saturated carbocycles. The number of carbonyl (C=O) groups is 12. The van der Waals surface area contributed by atoms with E-state index in [2.05, 4.69) is 83.7 Å². The average molecular weight is 1150 g/mol. The van der Waals surface area contributed by atoms with Gasteiger partial charge in [0.2, 0.25) is 65.0 Å². The molecule has 0 aliphatic heterocycles. The number of nitrogens with one attached hydrogen (secondary N) is 11. The molecule has 0 bridgehead atoms. The summed E-state index contributed by atoms with van der Waals surface area (Å²) in [4.78, 5) is 158. The quantitative estimate of drug-likeness (QED) is 0.0264. The number of aliphatic hydroxyl groups is 2. The Hall–Kier alpha value is -5.78. The lowest BCUT2D eigenvalue weighted by Crippen LogP contribution is -2.63. The van der Waals surface area contributed by atoms with Gasteiger partial charge in [-0.2, -0.15) is 25.3 Å². The molecule has 0 rings (SSSR count). The molecule has 0 unspecified atom stereocenters. The summed E-state index contributed by atoms with van der Waals surface area (Å²) < 4.78 is 0. The number of carboxylic acid groups (broad SMARTS) is 1. The van der Waals surface area contributed by atoms with Crippen LogP contribution in [0.15, 0.2) is 0 Å². The molecule has 0 saturated heterocycles. The van der Waals surface area contributed by atoms with Gasteiger partial charge in [0.1, 0.15) is 60.4 Å². The van der Waals surface area contributed by atoms with Crippen LogP contribution in [0.3, 0.4) is 0 Å². The topological polar surface area (TPSA) is 424 Å². The van der Waals surface area contributed by atoms with Crippen molar-refractivity contribution in [2.24, 2.45) is 35.3 Å². The van der Waals surface area contributed by atoms with Crippen LogP contribution in [-0.2, 0) is 57.5 Å². The summed E-state index contributed by atoms with van der Waals surface area (Å²) in [6, 6.07) is -13.1. The molecule has 0 aliphatic carbocycles. The van der Waals surface area contributed by atoms with Gasteiger partial charge in [-0.05, 0) is 36.5 Å². The number of hydrogen-bond acceptors (Lipinski definition) is 17. The van der Waals surface area contributed by atoms with Gasteiger partial charge in [-0.25, -0.2) is 0 Å². The van der Waals surface area contributed by atoms with Crippen LogP contribution < -0.4 is 64.2 Å². The molecular formula is C49H88N12O15S2. The van der Waals surface area contributed by atoms with Gasteiger partial charge in [-0.15, -0.1) is 0 Å². The molecule has 0 fully saturated rings. The Bertz CT molecular complexity index is 2040. The number of hydrogen-bond donors (Lipinski definition) is 17. The van der Waals surface area contributed by atoms with Gasteiger partial charge in [0, 0.05) is 11.5 Å². The highest BCUT2D eigenvalue weighted by molar-refractivity contribution is 7.80. The summed E-state index contributed by atoms with van der Waals surface area (Å²) >= 11 is 8.19. The number of thiol groups is 2. The minimum Gasteiger partial charge on any atom is -0.480 e. The van der Waals surface area contributed by atoms with Gasteiger partial charge in [0.05, 0.1) is 26.3 Å². The monoisotopic (exact) mass is 1150 g/mol. The lowest BCUT2D eigenvalue weighted by atomic mass is 9.92. The molecule has 16 N–H and O–H groups in total. The van der Waals surface area contributed by atoms with Crippen LogP contribution >= 0.6 is 25.3 Å². The molecular weight excluding hydrogens is 1060 g/mol. The predicted molar refractivity (Wildman–Crippen MR) is 294 cm³/mol. The molecule has 0 aromatic rings. The van der Waals surface area contributed by atoms with Crippen molar-refractivity contribution in [2.75, 3.05) is 37.8 Å². The average Bonchev–Trinajstić information content (AvgIpc) is 3.42. The summed E-state index contributed by atoms with van der Waals surface area (Å²) in [5, 5.41) is 55.9. The first-order valence-electron chi connectivity index (χ1n) is 26.3. The van der Waals surface area contributed by atoms with E-state index in [1.807, 2.05) is 0 Å². The van der Waals surface area contributed by atoms with E-state index in [9.17, 15) is 67.7 Å². The lowest BCUT2D eigenvalue weighted by molar-refractivity contribution is -0.142. The van der Waals surface area contributed by atoms with Gasteiger partial charge in [-0.1, -0.05) is 101 Å². The summed E-state index contributed by atoms with van der Waals surface area (Å²) in [6.07, 6.45) is 1.85. The largest absolute Gasteiger partial charge is 0.480 e. The second-order valence-electron chi connectivity index (χ2n) is 19.5. The Labute approximate surface area is 467 Å². The van der Waals surface area contributed by atoms with Crippen molar-refractivity contribution in [1.29, 1.82) is 0 Å². The number of nitrogens with two attached hydrogens (primary N) is 1. The molecule has 0 spiro atoms. The molecule has 0 aliphatic rings. The van der Waals surface area contributed by atoms with Crippen molar-refractivity contribution in [3.8, 4) is 0 Å². The number of rotatable bonds is 37. The minimum atomic E-state index is -1.66. The number of amides is 11. The second kappa shape index (κ2) is 37.2. The maximum absolute atomic E-state index is 14.2. The van der Waals surface area contributed by atoms with E-state index in [-0.39, 0.29) is 11.5 Å². The fourth-order valence-corrected chi connectivity index (χ4v) is 7.61. The maximum atomic E-state index is 14.2. The van der Waals surface area contributed by atoms with Crippen LogP contribution in [0.2, 0.25) is 0 Å².